The van der Waals surface area contributed by atoms with Gasteiger partial charge < -0.3 is 10.5 Å². The summed E-state index contributed by atoms with van der Waals surface area (Å²) in [7, 11) is 0. The van der Waals surface area contributed by atoms with E-state index in [2.05, 4.69) is 0 Å². The summed E-state index contributed by atoms with van der Waals surface area (Å²) in [5.74, 6) is -0.508. The van der Waals surface area contributed by atoms with Crippen LogP contribution in [-0.2, 0) is 14.3 Å². The van der Waals surface area contributed by atoms with Crippen LogP contribution >= 0.6 is 23.4 Å². The molecular formula is C20H17ClN2O3S. The first kappa shape index (κ1) is 18.1. The number of nitrogens with zero attached hydrogens (tertiary/aromatic N) is 1. The van der Waals surface area contributed by atoms with Crippen molar-refractivity contribution < 1.29 is 14.3 Å². The lowest BCUT2D eigenvalue weighted by atomic mass is 10.0. The number of hydrogen-bond acceptors (Lipinski definition) is 5. The molecule has 4 rings (SSSR count). The fourth-order valence-electron chi connectivity index (χ4n) is 3.22. The van der Waals surface area contributed by atoms with E-state index in [1.54, 1.807) is 0 Å². The van der Waals surface area contributed by atoms with Crippen LogP contribution < -0.4 is 5.73 Å². The molecule has 0 unspecified atom stereocenters. The van der Waals surface area contributed by atoms with Crippen molar-refractivity contribution in [1.29, 1.82) is 0 Å². The molecular weight excluding hydrogens is 384 g/mol. The number of esters is 1. The number of rotatable bonds is 4. The topological polar surface area (TPSA) is 72.6 Å². The monoisotopic (exact) mass is 400 g/mol. The molecule has 1 fully saturated rings. The number of thioether (sulfide) groups is 1. The van der Waals surface area contributed by atoms with Gasteiger partial charge in [-0.05, 0) is 11.1 Å². The molecule has 2 aliphatic heterocycles. The second-order valence-corrected chi connectivity index (χ2v) is 7.86. The van der Waals surface area contributed by atoms with Crippen LogP contribution in [0, 0.1) is 0 Å². The first-order valence-corrected chi connectivity index (χ1v) is 9.90. The molecule has 2 atom stereocenters. The third kappa shape index (κ3) is 3.25. The summed E-state index contributed by atoms with van der Waals surface area (Å²) in [6.45, 7) is 0. The lowest BCUT2D eigenvalue weighted by Crippen LogP contribution is -2.68. The molecule has 2 aromatic rings. The Labute approximate surface area is 166 Å². The summed E-state index contributed by atoms with van der Waals surface area (Å²) in [5, 5.41) is 0.0378. The third-order valence-electron chi connectivity index (χ3n) is 4.59. The van der Waals surface area contributed by atoms with E-state index in [9.17, 15) is 9.59 Å². The van der Waals surface area contributed by atoms with Crippen molar-refractivity contribution in [2.75, 3.05) is 5.75 Å². The molecule has 1 saturated heterocycles. The number of β-lactam (4-membered cyclic amide) rings is 1. The Hall–Kier alpha value is -2.28. The lowest BCUT2D eigenvalue weighted by molar-refractivity contribution is -0.152. The number of halogens is 1. The third-order valence-corrected chi connectivity index (χ3v) is 6.36. The van der Waals surface area contributed by atoms with Gasteiger partial charge in [-0.3, -0.25) is 9.69 Å². The van der Waals surface area contributed by atoms with Gasteiger partial charge in [-0.15, -0.1) is 11.8 Å². The van der Waals surface area contributed by atoms with E-state index in [4.69, 9.17) is 22.1 Å². The quantitative estimate of drug-likeness (QED) is 0.631. The van der Waals surface area contributed by atoms with Crippen LogP contribution in [0.4, 0.5) is 0 Å². The molecule has 0 aromatic heterocycles. The SMILES string of the molecule is N[C@@H]1C(=O)N2C(C(=O)OC(c3ccccc3)c3ccccc3)=C(Cl)CS[C@H]12. The highest BCUT2D eigenvalue weighted by Gasteiger charge is 2.52. The lowest BCUT2D eigenvalue weighted by Gasteiger charge is -2.47. The molecule has 0 aliphatic carbocycles. The second-order valence-electron chi connectivity index (χ2n) is 6.30. The van der Waals surface area contributed by atoms with E-state index in [1.807, 2.05) is 60.7 Å². The summed E-state index contributed by atoms with van der Waals surface area (Å²) in [6.07, 6.45) is -0.602. The first-order valence-electron chi connectivity index (χ1n) is 8.47. The number of benzene rings is 2. The normalized spacial score (nSPS) is 21.7. The van der Waals surface area contributed by atoms with Gasteiger partial charge in [0.15, 0.2) is 6.10 Å². The Bertz CT molecular complexity index is 864. The number of carbonyl (C=O) groups excluding carboxylic acids is 2. The maximum atomic E-state index is 13.0. The van der Waals surface area contributed by atoms with Crippen LogP contribution in [0.2, 0.25) is 0 Å². The van der Waals surface area contributed by atoms with Gasteiger partial charge in [-0.1, -0.05) is 72.3 Å². The summed E-state index contributed by atoms with van der Waals surface area (Å²) in [6, 6.07) is 18.3. The number of hydrogen-bond donors (Lipinski definition) is 1. The fraction of sp³-hybridized carbons (Fsp3) is 0.200. The van der Waals surface area contributed by atoms with E-state index in [1.165, 1.54) is 16.7 Å². The molecule has 2 heterocycles. The van der Waals surface area contributed by atoms with Gasteiger partial charge in [0.25, 0.3) is 0 Å². The summed E-state index contributed by atoms with van der Waals surface area (Å²) in [4.78, 5) is 26.5. The zero-order valence-corrected chi connectivity index (χ0v) is 15.8. The highest BCUT2D eigenvalue weighted by Crippen LogP contribution is 2.41. The molecule has 2 aliphatic rings. The molecule has 1 amide bonds. The maximum absolute atomic E-state index is 13.0. The minimum absolute atomic E-state index is 0.101. The summed E-state index contributed by atoms with van der Waals surface area (Å²) >= 11 is 7.73. The molecule has 0 radical (unpaired) electrons. The molecule has 7 heteroatoms. The zero-order valence-electron chi connectivity index (χ0n) is 14.2. The van der Waals surface area contributed by atoms with E-state index < -0.39 is 18.1 Å². The Kier molecular flexibility index (Phi) is 4.95. The largest absolute Gasteiger partial charge is 0.448 e. The van der Waals surface area contributed by atoms with Crippen LogP contribution in [0.5, 0.6) is 0 Å². The van der Waals surface area contributed by atoms with Gasteiger partial charge in [0, 0.05) is 5.75 Å². The van der Waals surface area contributed by atoms with Crippen LogP contribution in [0.1, 0.15) is 17.2 Å². The van der Waals surface area contributed by atoms with Crippen molar-refractivity contribution in [2.24, 2.45) is 5.73 Å². The second kappa shape index (κ2) is 7.38. The van der Waals surface area contributed by atoms with E-state index in [0.29, 0.717) is 10.8 Å². The Morgan fingerprint density at radius 2 is 1.67 bits per heavy atom. The van der Waals surface area contributed by atoms with Crippen molar-refractivity contribution >= 4 is 35.2 Å². The highest BCUT2D eigenvalue weighted by atomic mass is 35.5. The fourth-order valence-corrected chi connectivity index (χ4v) is 4.71. The van der Waals surface area contributed by atoms with Crippen molar-refractivity contribution in [3.63, 3.8) is 0 Å². The smallest absolute Gasteiger partial charge is 0.357 e. The first-order chi connectivity index (χ1) is 13.1. The van der Waals surface area contributed by atoms with Crippen molar-refractivity contribution in [3.05, 3.63) is 82.5 Å². The van der Waals surface area contributed by atoms with Crippen molar-refractivity contribution in [1.82, 2.24) is 4.90 Å². The standard InChI is InChI=1S/C20H17ClN2O3S/c21-14-11-27-19-15(22)18(24)23(19)16(14)20(25)26-17(12-7-3-1-4-8-12)13-9-5-2-6-10-13/h1-10,15,17,19H,11,22H2/t15-,19-/m1/s1. The predicted octanol–water partition coefficient (Wildman–Crippen LogP) is 3.01. The van der Waals surface area contributed by atoms with Crippen LogP contribution in [0.3, 0.4) is 0 Å². The average molecular weight is 401 g/mol. The van der Waals surface area contributed by atoms with E-state index >= 15 is 0 Å². The molecule has 5 nitrogen and oxygen atoms in total. The zero-order chi connectivity index (χ0) is 19.0. The molecule has 2 aromatic carbocycles. The molecule has 0 bridgehead atoms. The average Bonchev–Trinajstić information content (AvgIpc) is 2.72. The minimum Gasteiger partial charge on any atom is -0.448 e. The van der Waals surface area contributed by atoms with Crippen molar-refractivity contribution in [3.8, 4) is 0 Å². The highest BCUT2D eigenvalue weighted by molar-refractivity contribution is 8.00. The van der Waals surface area contributed by atoms with Gasteiger partial charge in [0.1, 0.15) is 17.1 Å². The van der Waals surface area contributed by atoms with Gasteiger partial charge in [0.05, 0.1) is 5.03 Å². The Morgan fingerprint density at radius 3 is 2.22 bits per heavy atom. The number of fused-ring (bicyclic) bond motifs is 1. The Morgan fingerprint density at radius 1 is 1.11 bits per heavy atom. The molecule has 2 N–H and O–H groups in total. The molecule has 0 spiro atoms. The van der Waals surface area contributed by atoms with E-state index in [-0.39, 0.29) is 17.0 Å². The summed E-state index contributed by atoms with van der Waals surface area (Å²) in [5.41, 5.74) is 7.61. The molecule has 27 heavy (non-hydrogen) atoms. The number of nitrogens with two attached hydrogens (primary N) is 1. The maximum Gasteiger partial charge on any atom is 0.357 e. The van der Waals surface area contributed by atoms with Crippen LogP contribution in [-0.4, -0.2) is 33.9 Å². The van der Waals surface area contributed by atoms with Crippen LogP contribution in [0.25, 0.3) is 0 Å². The number of ether oxygens (including phenoxy) is 1. The van der Waals surface area contributed by atoms with Crippen LogP contribution in [0.15, 0.2) is 71.4 Å². The minimum atomic E-state index is -0.622. The van der Waals surface area contributed by atoms with E-state index in [0.717, 1.165) is 11.1 Å². The van der Waals surface area contributed by atoms with Gasteiger partial charge in [0.2, 0.25) is 5.91 Å². The molecule has 0 saturated carbocycles. The molecule has 138 valence electrons. The van der Waals surface area contributed by atoms with Gasteiger partial charge >= 0.3 is 5.97 Å². The Balaban J connectivity index is 1.65. The number of amides is 1. The van der Waals surface area contributed by atoms with Gasteiger partial charge in [-0.25, -0.2) is 4.79 Å². The van der Waals surface area contributed by atoms with Gasteiger partial charge in [-0.2, -0.15) is 0 Å². The van der Waals surface area contributed by atoms with Crippen molar-refractivity contribution in [2.45, 2.75) is 17.5 Å². The predicted molar refractivity (Wildman–Crippen MR) is 105 cm³/mol. The number of carbonyl (C=O) groups is 2. The summed E-state index contributed by atoms with van der Waals surface area (Å²) < 4.78 is 5.84.